The van der Waals surface area contributed by atoms with Crippen molar-refractivity contribution in [1.82, 2.24) is 10.2 Å². The van der Waals surface area contributed by atoms with Gasteiger partial charge in [0.15, 0.2) is 4.34 Å². The number of carbonyl (C=O) groups is 1. The molecule has 1 amide bonds. The zero-order chi connectivity index (χ0) is 23.5. The van der Waals surface area contributed by atoms with E-state index in [0.717, 1.165) is 9.87 Å². The van der Waals surface area contributed by atoms with Crippen molar-refractivity contribution in [1.29, 1.82) is 0 Å². The van der Waals surface area contributed by atoms with Crippen LogP contribution in [-0.4, -0.2) is 36.3 Å². The third-order valence-electron chi connectivity index (χ3n) is 4.02. The average Bonchev–Trinajstić information content (AvgIpc) is 3.11. The second-order valence-corrected chi connectivity index (χ2v) is 12.6. The van der Waals surface area contributed by atoms with Gasteiger partial charge in [-0.05, 0) is 37.3 Å². The minimum atomic E-state index is -4.08. The van der Waals surface area contributed by atoms with E-state index >= 15 is 0 Å². The summed E-state index contributed by atoms with van der Waals surface area (Å²) in [7, 11) is -4.08. The zero-order valence-corrected chi connectivity index (χ0v) is 21.3. The van der Waals surface area contributed by atoms with Crippen LogP contribution in [0.2, 0.25) is 10.0 Å². The SMILES string of the molecule is Cc1ccc(S(=O)(=O)N(CC(=O)Nc2nnc(SC(C)C)s2)c2cc(Cl)cc(Cl)c2)cc1. The van der Waals surface area contributed by atoms with Crippen LogP contribution in [0.4, 0.5) is 10.8 Å². The lowest BCUT2D eigenvalue weighted by Crippen LogP contribution is -2.38. The molecule has 0 saturated carbocycles. The fourth-order valence-electron chi connectivity index (χ4n) is 2.63. The summed E-state index contributed by atoms with van der Waals surface area (Å²) in [6.45, 7) is 5.40. The lowest BCUT2D eigenvalue weighted by atomic mass is 10.2. The van der Waals surface area contributed by atoms with Crippen molar-refractivity contribution in [2.24, 2.45) is 0 Å². The van der Waals surface area contributed by atoms with Crippen molar-refractivity contribution in [2.75, 3.05) is 16.2 Å². The molecule has 1 heterocycles. The molecular formula is C20H20Cl2N4O3S3. The molecule has 0 bridgehead atoms. The summed E-state index contributed by atoms with van der Waals surface area (Å²) in [5.74, 6) is -0.575. The number of aryl methyl sites for hydroxylation is 1. The molecule has 0 aliphatic rings. The molecule has 0 radical (unpaired) electrons. The van der Waals surface area contributed by atoms with Crippen molar-refractivity contribution >= 4 is 73.0 Å². The molecule has 0 aliphatic heterocycles. The molecule has 32 heavy (non-hydrogen) atoms. The van der Waals surface area contributed by atoms with Gasteiger partial charge in [-0.2, -0.15) is 0 Å². The summed E-state index contributed by atoms with van der Waals surface area (Å²) in [5.41, 5.74) is 1.08. The molecule has 0 spiro atoms. The number of nitrogens with zero attached hydrogens (tertiary/aromatic N) is 3. The topological polar surface area (TPSA) is 92.3 Å². The van der Waals surface area contributed by atoms with E-state index in [2.05, 4.69) is 15.5 Å². The number of amides is 1. The molecule has 3 aromatic rings. The maximum atomic E-state index is 13.4. The van der Waals surface area contributed by atoms with Crippen LogP contribution < -0.4 is 9.62 Å². The van der Waals surface area contributed by atoms with Gasteiger partial charge < -0.3 is 0 Å². The first-order valence-electron chi connectivity index (χ1n) is 9.40. The van der Waals surface area contributed by atoms with Gasteiger partial charge in [-0.15, -0.1) is 10.2 Å². The van der Waals surface area contributed by atoms with E-state index in [4.69, 9.17) is 23.2 Å². The van der Waals surface area contributed by atoms with Crippen molar-refractivity contribution in [3.8, 4) is 0 Å². The molecule has 0 atom stereocenters. The minimum absolute atomic E-state index is 0.0403. The van der Waals surface area contributed by atoms with Crippen molar-refractivity contribution in [3.63, 3.8) is 0 Å². The summed E-state index contributed by atoms with van der Waals surface area (Å²) in [6.07, 6.45) is 0. The normalized spacial score (nSPS) is 11.6. The Kier molecular flexibility index (Phi) is 8.05. The van der Waals surface area contributed by atoms with E-state index in [1.54, 1.807) is 12.1 Å². The Morgan fingerprint density at radius 3 is 2.34 bits per heavy atom. The average molecular weight is 532 g/mol. The van der Waals surface area contributed by atoms with Crippen LogP contribution in [0.1, 0.15) is 19.4 Å². The Morgan fingerprint density at radius 2 is 1.75 bits per heavy atom. The fraction of sp³-hybridized carbons (Fsp3) is 0.250. The van der Waals surface area contributed by atoms with Crippen LogP contribution in [0.3, 0.4) is 0 Å². The number of carbonyl (C=O) groups excluding carboxylic acids is 1. The Labute approximate surface area is 205 Å². The second-order valence-electron chi connectivity index (χ2n) is 7.04. The molecule has 0 saturated heterocycles. The number of hydrogen-bond acceptors (Lipinski definition) is 7. The minimum Gasteiger partial charge on any atom is -0.299 e. The predicted molar refractivity (Wildman–Crippen MR) is 132 cm³/mol. The highest BCUT2D eigenvalue weighted by Crippen LogP contribution is 2.31. The van der Waals surface area contributed by atoms with Crippen LogP contribution in [0, 0.1) is 6.92 Å². The van der Waals surface area contributed by atoms with Crippen LogP contribution in [0.5, 0.6) is 0 Å². The Bertz CT molecular complexity index is 1190. The fourth-order valence-corrected chi connectivity index (χ4v) is 6.55. The van der Waals surface area contributed by atoms with Crippen LogP contribution >= 0.6 is 46.3 Å². The number of rotatable bonds is 8. The maximum Gasteiger partial charge on any atom is 0.264 e. The Balaban J connectivity index is 1.91. The number of benzene rings is 2. The van der Waals surface area contributed by atoms with Gasteiger partial charge in [0.1, 0.15) is 6.54 Å². The highest BCUT2D eigenvalue weighted by Gasteiger charge is 2.28. The standard InChI is InChI=1S/C20H20Cl2N4O3S3/c1-12(2)30-20-25-24-19(31-20)23-18(27)11-26(16-9-14(21)8-15(22)10-16)32(28,29)17-6-4-13(3)5-7-17/h4-10,12H,11H2,1-3H3,(H,23,24,27). The number of anilines is 2. The van der Waals surface area contributed by atoms with Gasteiger partial charge in [0.2, 0.25) is 11.0 Å². The van der Waals surface area contributed by atoms with Gasteiger partial charge in [-0.1, -0.05) is 77.8 Å². The summed E-state index contributed by atoms with van der Waals surface area (Å²) in [6, 6.07) is 10.7. The molecule has 7 nitrogen and oxygen atoms in total. The number of halogens is 2. The van der Waals surface area contributed by atoms with Crippen molar-refractivity contribution in [3.05, 3.63) is 58.1 Å². The van der Waals surface area contributed by atoms with Gasteiger partial charge in [0.05, 0.1) is 10.6 Å². The maximum absolute atomic E-state index is 13.4. The predicted octanol–water partition coefficient (Wildman–Crippen LogP) is 5.49. The Morgan fingerprint density at radius 1 is 1.12 bits per heavy atom. The van der Waals surface area contributed by atoms with Gasteiger partial charge >= 0.3 is 0 Å². The summed E-state index contributed by atoms with van der Waals surface area (Å²) < 4.78 is 28.5. The number of hydrogen-bond donors (Lipinski definition) is 1. The van der Waals surface area contributed by atoms with E-state index in [0.29, 0.717) is 9.59 Å². The largest absolute Gasteiger partial charge is 0.299 e. The molecule has 0 fully saturated rings. The molecule has 12 heteroatoms. The van der Waals surface area contributed by atoms with Gasteiger partial charge in [-0.25, -0.2) is 8.42 Å². The molecule has 1 aromatic heterocycles. The first-order chi connectivity index (χ1) is 15.0. The van der Waals surface area contributed by atoms with Crippen LogP contribution in [-0.2, 0) is 14.8 Å². The quantitative estimate of drug-likeness (QED) is 0.305. The summed E-state index contributed by atoms with van der Waals surface area (Å²) >= 11 is 14.9. The molecular weight excluding hydrogens is 511 g/mol. The third kappa shape index (κ3) is 6.35. The third-order valence-corrected chi connectivity index (χ3v) is 8.17. The molecule has 2 aromatic carbocycles. The van der Waals surface area contributed by atoms with Crippen molar-refractivity contribution in [2.45, 2.75) is 35.3 Å². The first-order valence-corrected chi connectivity index (χ1v) is 13.3. The number of aromatic nitrogens is 2. The molecule has 0 unspecified atom stereocenters. The Hall–Kier alpha value is -1.85. The number of thioether (sulfide) groups is 1. The molecule has 1 N–H and O–H groups in total. The summed E-state index contributed by atoms with van der Waals surface area (Å²) in [5, 5.41) is 11.7. The monoisotopic (exact) mass is 530 g/mol. The smallest absolute Gasteiger partial charge is 0.264 e. The van der Waals surface area contributed by atoms with Crippen LogP contribution in [0.25, 0.3) is 0 Å². The molecule has 0 aliphatic carbocycles. The lowest BCUT2D eigenvalue weighted by molar-refractivity contribution is -0.114. The van der Waals surface area contributed by atoms with E-state index in [-0.39, 0.29) is 25.8 Å². The number of nitrogens with one attached hydrogen (secondary N) is 1. The second kappa shape index (κ2) is 10.4. The lowest BCUT2D eigenvalue weighted by Gasteiger charge is -2.24. The van der Waals surface area contributed by atoms with E-state index in [1.807, 2.05) is 20.8 Å². The van der Waals surface area contributed by atoms with Gasteiger partial charge in [0, 0.05) is 15.3 Å². The zero-order valence-electron chi connectivity index (χ0n) is 17.4. The van der Waals surface area contributed by atoms with E-state index in [1.165, 1.54) is 53.4 Å². The highest BCUT2D eigenvalue weighted by molar-refractivity contribution is 8.01. The van der Waals surface area contributed by atoms with E-state index in [9.17, 15) is 13.2 Å². The van der Waals surface area contributed by atoms with Gasteiger partial charge in [-0.3, -0.25) is 14.4 Å². The first kappa shape index (κ1) is 24.8. The molecule has 3 rings (SSSR count). The van der Waals surface area contributed by atoms with Crippen molar-refractivity contribution < 1.29 is 13.2 Å². The van der Waals surface area contributed by atoms with Crippen LogP contribution in [0.15, 0.2) is 51.7 Å². The highest BCUT2D eigenvalue weighted by atomic mass is 35.5. The molecule has 170 valence electrons. The summed E-state index contributed by atoms with van der Waals surface area (Å²) in [4.78, 5) is 12.8. The van der Waals surface area contributed by atoms with Gasteiger partial charge in [0.25, 0.3) is 10.0 Å². The number of sulfonamides is 1. The van der Waals surface area contributed by atoms with E-state index < -0.39 is 22.5 Å².